The third kappa shape index (κ3) is 3.58. The van der Waals surface area contributed by atoms with E-state index in [-0.39, 0.29) is 0 Å². The van der Waals surface area contributed by atoms with Gasteiger partial charge in [-0.2, -0.15) is 5.10 Å². The molecule has 0 saturated carbocycles. The van der Waals surface area contributed by atoms with Crippen LogP contribution in [0.2, 0.25) is 5.02 Å². The Labute approximate surface area is 166 Å². The zero-order valence-corrected chi connectivity index (χ0v) is 17.3. The average molecular weight is 435 g/mol. The van der Waals surface area contributed by atoms with Crippen molar-refractivity contribution in [1.29, 1.82) is 0 Å². The van der Waals surface area contributed by atoms with Crippen LogP contribution in [0.4, 0.5) is 5.82 Å². The standard InChI is InChI=1S/C19H21BrClN5/c1-12-22-13(2)26(24-12)11-14-4-3-7-25(10-14)18-6-5-15-8-16(20)9-17(21)19(15)23-18/h5-6,8-9,14H,3-4,7,10-11H2,1-2H3. The van der Waals surface area contributed by atoms with E-state index in [1.165, 1.54) is 6.42 Å². The summed E-state index contributed by atoms with van der Waals surface area (Å²) in [5, 5.41) is 6.24. The molecule has 1 aliphatic heterocycles. The molecule has 3 heterocycles. The number of halogens is 2. The lowest BCUT2D eigenvalue weighted by atomic mass is 9.98. The fraction of sp³-hybridized carbons (Fsp3) is 0.421. The number of fused-ring (bicyclic) bond motifs is 1. The predicted octanol–water partition coefficient (Wildman–Crippen LogP) is 4.78. The van der Waals surface area contributed by atoms with Crippen LogP contribution < -0.4 is 4.90 Å². The summed E-state index contributed by atoms with van der Waals surface area (Å²) in [5.41, 5.74) is 0.859. The van der Waals surface area contributed by atoms with Gasteiger partial charge in [-0.05, 0) is 56.9 Å². The Morgan fingerprint density at radius 2 is 2.08 bits per heavy atom. The first kappa shape index (κ1) is 17.7. The predicted molar refractivity (Wildman–Crippen MR) is 109 cm³/mol. The van der Waals surface area contributed by atoms with Crippen LogP contribution in [0.5, 0.6) is 0 Å². The number of aryl methyl sites for hydroxylation is 2. The molecule has 26 heavy (non-hydrogen) atoms. The summed E-state index contributed by atoms with van der Waals surface area (Å²) in [7, 11) is 0. The normalized spacial score (nSPS) is 17.8. The van der Waals surface area contributed by atoms with Crippen LogP contribution in [0.1, 0.15) is 24.5 Å². The molecule has 7 heteroatoms. The third-order valence-electron chi connectivity index (χ3n) is 4.93. The van der Waals surface area contributed by atoms with E-state index in [0.29, 0.717) is 10.9 Å². The summed E-state index contributed by atoms with van der Waals surface area (Å²) in [6.07, 6.45) is 2.36. The molecule has 3 aromatic rings. The van der Waals surface area contributed by atoms with Crippen LogP contribution in [-0.4, -0.2) is 32.8 Å². The minimum atomic E-state index is 0.543. The molecule has 0 bridgehead atoms. The van der Waals surface area contributed by atoms with Crippen molar-refractivity contribution < 1.29 is 0 Å². The third-order valence-corrected chi connectivity index (χ3v) is 5.68. The monoisotopic (exact) mass is 433 g/mol. The number of benzene rings is 1. The number of rotatable bonds is 3. The van der Waals surface area contributed by atoms with Gasteiger partial charge in [-0.1, -0.05) is 27.5 Å². The van der Waals surface area contributed by atoms with E-state index in [9.17, 15) is 0 Å². The maximum absolute atomic E-state index is 6.40. The fourth-order valence-electron chi connectivity index (χ4n) is 3.72. The Bertz CT molecular complexity index is 954. The topological polar surface area (TPSA) is 46.8 Å². The van der Waals surface area contributed by atoms with Crippen LogP contribution in [0.25, 0.3) is 10.9 Å². The van der Waals surface area contributed by atoms with Crippen molar-refractivity contribution in [2.75, 3.05) is 18.0 Å². The van der Waals surface area contributed by atoms with Gasteiger partial charge >= 0.3 is 0 Å². The van der Waals surface area contributed by atoms with Crippen molar-refractivity contribution in [2.24, 2.45) is 5.92 Å². The molecule has 5 nitrogen and oxygen atoms in total. The Hall–Kier alpha value is -1.66. The number of anilines is 1. The van der Waals surface area contributed by atoms with Gasteiger partial charge in [0, 0.05) is 29.5 Å². The van der Waals surface area contributed by atoms with Gasteiger partial charge < -0.3 is 4.90 Å². The molecule has 0 radical (unpaired) electrons. The highest BCUT2D eigenvalue weighted by Crippen LogP contribution is 2.30. The second kappa shape index (κ2) is 7.16. The zero-order chi connectivity index (χ0) is 18.3. The van der Waals surface area contributed by atoms with Gasteiger partial charge in [0.2, 0.25) is 0 Å². The number of nitrogens with zero attached hydrogens (tertiary/aromatic N) is 5. The second-order valence-corrected chi connectivity index (χ2v) is 8.29. The number of hydrogen-bond acceptors (Lipinski definition) is 4. The molecule has 0 N–H and O–H groups in total. The van der Waals surface area contributed by atoms with Crippen molar-refractivity contribution in [1.82, 2.24) is 19.7 Å². The van der Waals surface area contributed by atoms with E-state index >= 15 is 0 Å². The Morgan fingerprint density at radius 1 is 1.23 bits per heavy atom. The number of pyridine rings is 1. The molecule has 4 rings (SSSR count). The Balaban J connectivity index is 1.56. The van der Waals surface area contributed by atoms with Crippen molar-refractivity contribution in [3.8, 4) is 0 Å². The molecular formula is C19H21BrClN5. The lowest BCUT2D eigenvalue weighted by molar-refractivity contribution is 0.346. The average Bonchev–Trinajstić information content (AvgIpc) is 2.92. The van der Waals surface area contributed by atoms with E-state index in [1.807, 2.05) is 30.7 Å². The fourth-order valence-corrected chi connectivity index (χ4v) is 4.60. The number of hydrogen-bond donors (Lipinski definition) is 0. The van der Waals surface area contributed by atoms with E-state index in [1.54, 1.807) is 0 Å². The first-order valence-corrected chi connectivity index (χ1v) is 10.1. The van der Waals surface area contributed by atoms with E-state index in [4.69, 9.17) is 16.6 Å². The van der Waals surface area contributed by atoms with Crippen molar-refractivity contribution in [2.45, 2.75) is 33.2 Å². The molecule has 136 valence electrons. The van der Waals surface area contributed by atoms with Gasteiger partial charge in [0.1, 0.15) is 17.5 Å². The summed E-state index contributed by atoms with van der Waals surface area (Å²) in [4.78, 5) is 11.6. The molecule has 1 saturated heterocycles. The smallest absolute Gasteiger partial charge is 0.147 e. The SMILES string of the molecule is Cc1nc(C)n(CC2CCCN(c3ccc4cc(Br)cc(Cl)c4n3)C2)n1. The highest BCUT2D eigenvalue weighted by Gasteiger charge is 2.22. The maximum Gasteiger partial charge on any atom is 0.147 e. The minimum Gasteiger partial charge on any atom is -0.356 e. The summed E-state index contributed by atoms with van der Waals surface area (Å²) in [6.45, 7) is 6.87. The summed E-state index contributed by atoms with van der Waals surface area (Å²) in [5.74, 6) is 3.37. The van der Waals surface area contributed by atoms with Gasteiger partial charge in [0.15, 0.2) is 0 Å². The molecule has 1 fully saturated rings. The number of aromatic nitrogens is 4. The van der Waals surface area contributed by atoms with Crippen molar-refractivity contribution in [3.05, 3.63) is 45.4 Å². The molecule has 1 aromatic carbocycles. The van der Waals surface area contributed by atoms with Crippen LogP contribution in [-0.2, 0) is 6.54 Å². The lowest BCUT2D eigenvalue weighted by Gasteiger charge is -2.33. The molecule has 1 atom stereocenters. The molecule has 0 aliphatic carbocycles. The van der Waals surface area contributed by atoms with Gasteiger partial charge in [-0.25, -0.2) is 14.6 Å². The molecule has 2 aromatic heterocycles. The van der Waals surface area contributed by atoms with Crippen LogP contribution in [0.15, 0.2) is 28.7 Å². The quantitative estimate of drug-likeness (QED) is 0.595. The van der Waals surface area contributed by atoms with E-state index in [2.05, 4.69) is 43.0 Å². The van der Waals surface area contributed by atoms with Crippen LogP contribution in [0, 0.1) is 19.8 Å². The van der Waals surface area contributed by atoms with Crippen LogP contribution in [0.3, 0.4) is 0 Å². The minimum absolute atomic E-state index is 0.543. The van der Waals surface area contributed by atoms with Gasteiger partial charge in [-0.15, -0.1) is 0 Å². The first-order chi connectivity index (χ1) is 12.5. The summed E-state index contributed by atoms with van der Waals surface area (Å²) < 4.78 is 3.01. The largest absolute Gasteiger partial charge is 0.356 e. The van der Waals surface area contributed by atoms with Gasteiger partial charge in [0.05, 0.1) is 10.5 Å². The molecule has 1 aliphatic rings. The second-order valence-electron chi connectivity index (χ2n) is 6.97. The van der Waals surface area contributed by atoms with Crippen molar-refractivity contribution >= 4 is 44.3 Å². The molecule has 0 spiro atoms. The van der Waals surface area contributed by atoms with Gasteiger partial charge in [0.25, 0.3) is 0 Å². The molecule has 1 unspecified atom stereocenters. The van der Waals surface area contributed by atoms with Gasteiger partial charge in [-0.3, -0.25) is 0 Å². The molecular weight excluding hydrogens is 414 g/mol. The maximum atomic E-state index is 6.40. The Morgan fingerprint density at radius 3 is 2.85 bits per heavy atom. The lowest BCUT2D eigenvalue weighted by Crippen LogP contribution is -2.37. The molecule has 0 amide bonds. The van der Waals surface area contributed by atoms with Crippen molar-refractivity contribution in [3.63, 3.8) is 0 Å². The first-order valence-electron chi connectivity index (χ1n) is 8.88. The summed E-state index contributed by atoms with van der Waals surface area (Å²) in [6, 6.07) is 8.14. The highest BCUT2D eigenvalue weighted by atomic mass is 79.9. The Kier molecular flexibility index (Phi) is 4.88. The van der Waals surface area contributed by atoms with E-state index in [0.717, 1.165) is 58.9 Å². The van der Waals surface area contributed by atoms with E-state index < -0.39 is 0 Å². The highest BCUT2D eigenvalue weighted by molar-refractivity contribution is 9.10. The zero-order valence-electron chi connectivity index (χ0n) is 14.9. The summed E-state index contributed by atoms with van der Waals surface area (Å²) >= 11 is 9.89. The number of piperidine rings is 1. The van der Waals surface area contributed by atoms with Crippen LogP contribution >= 0.6 is 27.5 Å².